The quantitative estimate of drug-likeness (QED) is 0.802. The van der Waals surface area contributed by atoms with Crippen molar-refractivity contribution in [3.63, 3.8) is 0 Å². The predicted molar refractivity (Wildman–Crippen MR) is 99.6 cm³/mol. The molecule has 3 rings (SSSR count). The number of carbonyl (C=O) groups is 2. The lowest BCUT2D eigenvalue weighted by molar-refractivity contribution is -0.153. The van der Waals surface area contributed by atoms with Gasteiger partial charge in [0.1, 0.15) is 5.75 Å². The van der Waals surface area contributed by atoms with Crippen molar-refractivity contribution in [2.24, 2.45) is 5.92 Å². The van der Waals surface area contributed by atoms with E-state index in [-0.39, 0.29) is 23.5 Å². The van der Waals surface area contributed by atoms with Gasteiger partial charge in [-0.1, -0.05) is 6.07 Å². The molecule has 28 heavy (non-hydrogen) atoms. The van der Waals surface area contributed by atoms with Crippen LogP contribution in [0.5, 0.6) is 5.75 Å². The van der Waals surface area contributed by atoms with E-state index in [0.29, 0.717) is 36.5 Å². The van der Waals surface area contributed by atoms with E-state index in [9.17, 15) is 22.8 Å². The summed E-state index contributed by atoms with van der Waals surface area (Å²) < 4.78 is 41.1. The second kappa shape index (κ2) is 8.64. The van der Waals surface area contributed by atoms with Gasteiger partial charge in [-0.2, -0.15) is 13.2 Å². The zero-order chi connectivity index (χ0) is 20.1. The van der Waals surface area contributed by atoms with Crippen molar-refractivity contribution >= 4 is 28.8 Å². The Labute approximate surface area is 164 Å². The first-order valence-electron chi connectivity index (χ1n) is 8.75. The first kappa shape index (κ1) is 20.2. The topological polar surface area (TPSA) is 58.6 Å². The highest BCUT2D eigenvalue weighted by atomic mass is 32.1. The number of nitrogens with zero attached hydrogens (tertiary/aromatic N) is 1. The number of piperidine rings is 1. The number of hydrogen-bond acceptors (Lipinski definition) is 4. The van der Waals surface area contributed by atoms with E-state index in [1.54, 1.807) is 11.0 Å². The molecule has 1 fully saturated rings. The molecule has 0 unspecified atom stereocenters. The molecule has 9 heteroatoms. The highest BCUT2D eigenvalue weighted by Gasteiger charge is 2.29. The SMILES string of the molecule is O=C(Nc1ccc(OCC(F)(F)F)cc1)C1CCN(C(=O)c2cccs2)CC1. The lowest BCUT2D eigenvalue weighted by Crippen LogP contribution is -2.41. The first-order valence-corrected chi connectivity index (χ1v) is 9.63. The van der Waals surface area contributed by atoms with E-state index in [4.69, 9.17) is 0 Å². The maximum Gasteiger partial charge on any atom is 0.422 e. The number of anilines is 1. The molecule has 0 aliphatic carbocycles. The Bertz CT molecular complexity index is 799. The molecule has 1 aromatic heterocycles. The Balaban J connectivity index is 1.47. The molecule has 0 bridgehead atoms. The van der Waals surface area contributed by atoms with Crippen LogP contribution in [0.1, 0.15) is 22.5 Å². The van der Waals surface area contributed by atoms with Crippen molar-refractivity contribution in [2.75, 3.05) is 25.0 Å². The molecule has 2 aromatic rings. The monoisotopic (exact) mass is 412 g/mol. The van der Waals surface area contributed by atoms with Crippen LogP contribution in [-0.2, 0) is 4.79 Å². The lowest BCUT2D eigenvalue weighted by Gasteiger charge is -2.31. The highest BCUT2D eigenvalue weighted by Crippen LogP contribution is 2.24. The van der Waals surface area contributed by atoms with Crippen molar-refractivity contribution in [1.29, 1.82) is 0 Å². The second-order valence-corrected chi connectivity index (χ2v) is 7.41. The molecule has 0 radical (unpaired) electrons. The molecule has 1 aromatic carbocycles. The average molecular weight is 412 g/mol. The Hall–Kier alpha value is -2.55. The highest BCUT2D eigenvalue weighted by molar-refractivity contribution is 7.12. The molecule has 1 aliphatic rings. The summed E-state index contributed by atoms with van der Waals surface area (Å²) in [6, 6.07) is 9.37. The van der Waals surface area contributed by atoms with Crippen LogP contribution in [0.2, 0.25) is 0 Å². The molecule has 2 heterocycles. The van der Waals surface area contributed by atoms with Crippen LogP contribution in [0.4, 0.5) is 18.9 Å². The summed E-state index contributed by atoms with van der Waals surface area (Å²) in [6.45, 7) is -0.334. The first-order chi connectivity index (χ1) is 13.3. The summed E-state index contributed by atoms with van der Waals surface area (Å²) in [5, 5.41) is 4.62. The lowest BCUT2D eigenvalue weighted by atomic mass is 9.95. The smallest absolute Gasteiger partial charge is 0.422 e. The Kier molecular flexibility index (Phi) is 6.23. The number of likely N-dealkylation sites (tertiary alicyclic amines) is 1. The fraction of sp³-hybridized carbons (Fsp3) is 0.368. The van der Waals surface area contributed by atoms with Crippen molar-refractivity contribution in [2.45, 2.75) is 19.0 Å². The van der Waals surface area contributed by atoms with Crippen LogP contribution in [0, 0.1) is 5.92 Å². The van der Waals surface area contributed by atoms with Gasteiger partial charge in [0, 0.05) is 24.7 Å². The number of thiophene rings is 1. The van der Waals surface area contributed by atoms with Gasteiger partial charge in [-0.3, -0.25) is 9.59 Å². The van der Waals surface area contributed by atoms with Crippen LogP contribution in [0.3, 0.4) is 0 Å². The number of benzene rings is 1. The van der Waals surface area contributed by atoms with Gasteiger partial charge in [0.2, 0.25) is 5.91 Å². The van der Waals surface area contributed by atoms with Crippen molar-refractivity contribution in [3.05, 3.63) is 46.7 Å². The zero-order valence-electron chi connectivity index (χ0n) is 14.9. The summed E-state index contributed by atoms with van der Waals surface area (Å²) in [6.07, 6.45) is -3.27. The fourth-order valence-electron chi connectivity index (χ4n) is 2.94. The summed E-state index contributed by atoms with van der Waals surface area (Å²) in [5.41, 5.74) is 0.487. The van der Waals surface area contributed by atoms with Gasteiger partial charge in [-0.25, -0.2) is 0 Å². The summed E-state index contributed by atoms with van der Waals surface area (Å²) >= 11 is 1.40. The number of ether oxygens (including phenoxy) is 1. The summed E-state index contributed by atoms with van der Waals surface area (Å²) in [5.74, 6) is -0.306. The van der Waals surface area contributed by atoms with Crippen molar-refractivity contribution in [1.82, 2.24) is 4.90 Å². The summed E-state index contributed by atoms with van der Waals surface area (Å²) in [7, 11) is 0. The van der Waals surface area contributed by atoms with E-state index >= 15 is 0 Å². The third-order valence-corrected chi connectivity index (χ3v) is 5.27. The molecular formula is C19H19F3N2O3S. The molecule has 1 saturated heterocycles. The predicted octanol–water partition coefficient (Wildman–Crippen LogP) is 4.18. The minimum Gasteiger partial charge on any atom is -0.484 e. The van der Waals surface area contributed by atoms with E-state index in [0.717, 1.165) is 0 Å². The minimum atomic E-state index is -4.40. The second-order valence-electron chi connectivity index (χ2n) is 6.46. The third-order valence-electron chi connectivity index (χ3n) is 4.41. The van der Waals surface area contributed by atoms with Gasteiger partial charge in [0.25, 0.3) is 5.91 Å². The molecule has 0 atom stereocenters. The molecule has 1 aliphatic heterocycles. The van der Waals surface area contributed by atoms with Crippen molar-refractivity contribution < 1.29 is 27.5 Å². The number of nitrogens with one attached hydrogen (secondary N) is 1. The normalized spacial score (nSPS) is 15.3. The maximum absolute atomic E-state index is 12.4. The number of carbonyl (C=O) groups excluding carboxylic acids is 2. The van der Waals surface area contributed by atoms with Gasteiger partial charge in [-0.05, 0) is 48.6 Å². The van der Waals surface area contributed by atoms with Gasteiger partial charge < -0.3 is 15.0 Å². The van der Waals surface area contributed by atoms with Crippen LogP contribution in [0.15, 0.2) is 41.8 Å². The number of rotatable bonds is 5. The third kappa shape index (κ3) is 5.48. The largest absolute Gasteiger partial charge is 0.484 e. The van der Waals surface area contributed by atoms with Gasteiger partial charge in [0.05, 0.1) is 4.88 Å². The number of hydrogen-bond donors (Lipinski definition) is 1. The minimum absolute atomic E-state index is 0.0108. The van der Waals surface area contributed by atoms with Crippen LogP contribution in [0.25, 0.3) is 0 Å². The van der Waals surface area contributed by atoms with Crippen LogP contribution in [-0.4, -0.2) is 42.6 Å². The van der Waals surface area contributed by atoms with Crippen LogP contribution >= 0.6 is 11.3 Å². The van der Waals surface area contributed by atoms with Crippen molar-refractivity contribution in [3.8, 4) is 5.75 Å². The van der Waals surface area contributed by atoms with E-state index in [2.05, 4.69) is 10.1 Å². The molecule has 2 amide bonds. The van der Waals surface area contributed by atoms with E-state index < -0.39 is 12.8 Å². The number of alkyl halides is 3. The van der Waals surface area contributed by atoms with Gasteiger partial charge in [0.15, 0.2) is 6.61 Å². The van der Waals surface area contributed by atoms with Crippen LogP contribution < -0.4 is 10.1 Å². The van der Waals surface area contributed by atoms with Gasteiger partial charge in [-0.15, -0.1) is 11.3 Å². The van der Waals surface area contributed by atoms with Gasteiger partial charge >= 0.3 is 6.18 Å². The molecule has 0 spiro atoms. The standard InChI is InChI=1S/C19H19F3N2O3S/c20-19(21,22)12-27-15-5-3-14(4-6-15)23-17(25)13-7-9-24(10-8-13)18(26)16-2-1-11-28-16/h1-6,11,13H,7-10,12H2,(H,23,25). The molecule has 150 valence electrons. The Morgan fingerprint density at radius 1 is 1.14 bits per heavy atom. The maximum atomic E-state index is 12.4. The molecule has 0 saturated carbocycles. The Morgan fingerprint density at radius 3 is 2.39 bits per heavy atom. The molecule has 1 N–H and O–H groups in total. The average Bonchev–Trinajstić information content (AvgIpc) is 3.21. The summed E-state index contributed by atoms with van der Waals surface area (Å²) in [4.78, 5) is 27.2. The zero-order valence-corrected chi connectivity index (χ0v) is 15.7. The number of halogens is 3. The Morgan fingerprint density at radius 2 is 1.82 bits per heavy atom. The molecular weight excluding hydrogens is 393 g/mol. The molecule has 5 nitrogen and oxygen atoms in total. The van der Waals surface area contributed by atoms with E-state index in [1.165, 1.54) is 35.6 Å². The fourth-order valence-corrected chi connectivity index (χ4v) is 3.64. The number of amides is 2. The van der Waals surface area contributed by atoms with E-state index in [1.807, 2.05) is 11.4 Å².